The highest BCUT2D eigenvalue weighted by Crippen LogP contribution is 2.26. The molecular formula is C22H25FN2O3S. The zero-order valence-electron chi connectivity index (χ0n) is 16.4. The minimum absolute atomic E-state index is 0.0380. The summed E-state index contributed by atoms with van der Waals surface area (Å²) < 4.78 is 19.2. The zero-order chi connectivity index (χ0) is 20.6. The van der Waals surface area contributed by atoms with E-state index in [9.17, 15) is 14.0 Å². The molecular weight excluding hydrogens is 391 g/mol. The molecule has 2 amide bonds. The average molecular weight is 417 g/mol. The molecule has 1 heterocycles. The molecule has 1 fully saturated rings. The van der Waals surface area contributed by atoms with Gasteiger partial charge in [0.1, 0.15) is 5.75 Å². The van der Waals surface area contributed by atoms with Crippen LogP contribution in [-0.4, -0.2) is 41.8 Å². The maximum Gasteiger partial charge on any atom is 0.227 e. The van der Waals surface area contributed by atoms with Gasteiger partial charge in [-0.25, -0.2) is 4.39 Å². The number of carbonyl (C=O) groups excluding carboxylic acids is 2. The summed E-state index contributed by atoms with van der Waals surface area (Å²) in [5.41, 5.74) is 0.661. The Morgan fingerprint density at radius 3 is 2.48 bits per heavy atom. The van der Waals surface area contributed by atoms with Crippen molar-refractivity contribution in [2.24, 2.45) is 5.92 Å². The van der Waals surface area contributed by atoms with E-state index in [4.69, 9.17) is 4.74 Å². The van der Waals surface area contributed by atoms with Gasteiger partial charge in [0, 0.05) is 36.9 Å². The average Bonchev–Trinajstić information content (AvgIpc) is 2.75. The summed E-state index contributed by atoms with van der Waals surface area (Å²) in [4.78, 5) is 26.5. The number of carbonyl (C=O) groups is 2. The van der Waals surface area contributed by atoms with E-state index in [0.29, 0.717) is 43.8 Å². The molecule has 154 valence electrons. The lowest BCUT2D eigenvalue weighted by atomic mass is 9.95. The van der Waals surface area contributed by atoms with Crippen molar-refractivity contribution in [1.29, 1.82) is 0 Å². The fourth-order valence-electron chi connectivity index (χ4n) is 3.24. The Morgan fingerprint density at radius 2 is 1.83 bits per heavy atom. The van der Waals surface area contributed by atoms with Crippen LogP contribution < -0.4 is 10.1 Å². The molecule has 1 aliphatic rings. The second kappa shape index (κ2) is 10.3. The van der Waals surface area contributed by atoms with E-state index in [1.165, 1.54) is 6.07 Å². The molecule has 0 saturated carbocycles. The molecule has 1 aliphatic heterocycles. The number of benzene rings is 2. The van der Waals surface area contributed by atoms with Gasteiger partial charge in [-0.3, -0.25) is 9.59 Å². The summed E-state index contributed by atoms with van der Waals surface area (Å²) in [7, 11) is 0. The number of anilines is 1. The Bertz CT molecular complexity index is 836. The van der Waals surface area contributed by atoms with E-state index in [2.05, 4.69) is 5.32 Å². The zero-order valence-corrected chi connectivity index (χ0v) is 17.2. The minimum Gasteiger partial charge on any atom is -0.454 e. The number of piperidine rings is 1. The lowest BCUT2D eigenvalue weighted by Gasteiger charge is -2.31. The fourth-order valence-corrected chi connectivity index (χ4v) is 3.62. The summed E-state index contributed by atoms with van der Waals surface area (Å²) in [5, 5.41) is 2.92. The standard InChI is InChI=1S/C22H25FN2O3S/c1-29-15-12-21(26)25-13-10-16(11-14-25)22(27)24-17-6-8-18(9-7-17)28-20-5-3-2-4-19(20)23/h2-9,16H,10-15H2,1H3,(H,24,27). The second-order valence-corrected chi connectivity index (χ2v) is 7.93. The van der Waals surface area contributed by atoms with Crippen LogP contribution in [-0.2, 0) is 9.59 Å². The predicted molar refractivity (Wildman–Crippen MR) is 114 cm³/mol. The topological polar surface area (TPSA) is 58.6 Å². The van der Waals surface area contributed by atoms with Gasteiger partial charge in [0.15, 0.2) is 11.6 Å². The number of para-hydroxylation sites is 1. The summed E-state index contributed by atoms with van der Waals surface area (Å²) in [6.07, 6.45) is 3.89. The van der Waals surface area contributed by atoms with Gasteiger partial charge in [0.25, 0.3) is 0 Å². The van der Waals surface area contributed by atoms with E-state index in [1.807, 2.05) is 11.2 Å². The number of amides is 2. The number of halogens is 1. The smallest absolute Gasteiger partial charge is 0.227 e. The van der Waals surface area contributed by atoms with Crippen molar-refractivity contribution in [3.8, 4) is 11.5 Å². The molecule has 0 atom stereocenters. The van der Waals surface area contributed by atoms with Crippen molar-refractivity contribution in [2.75, 3.05) is 30.4 Å². The third kappa shape index (κ3) is 5.97. The molecule has 0 unspecified atom stereocenters. The van der Waals surface area contributed by atoms with E-state index in [0.717, 1.165) is 5.75 Å². The Kier molecular flexibility index (Phi) is 7.52. The monoisotopic (exact) mass is 416 g/mol. The van der Waals surface area contributed by atoms with Crippen LogP contribution in [0.4, 0.5) is 10.1 Å². The Morgan fingerprint density at radius 1 is 1.14 bits per heavy atom. The molecule has 2 aromatic rings. The molecule has 3 rings (SSSR count). The van der Waals surface area contributed by atoms with Crippen LogP contribution in [0.1, 0.15) is 19.3 Å². The molecule has 7 heteroatoms. The van der Waals surface area contributed by atoms with Crippen LogP contribution in [0.3, 0.4) is 0 Å². The van der Waals surface area contributed by atoms with Gasteiger partial charge in [-0.1, -0.05) is 12.1 Å². The molecule has 0 aliphatic carbocycles. The Hall–Kier alpha value is -2.54. The first-order chi connectivity index (χ1) is 14.1. The van der Waals surface area contributed by atoms with Crippen molar-refractivity contribution >= 4 is 29.3 Å². The van der Waals surface area contributed by atoms with Crippen molar-refractivity contribution < 1.29 is 18.7 Å². The fraction of sp³-hybridized carbons (Fsp3) is 0.364. The maximum absolute atomic E-state index is 13.7. The summed E-state index contributed by atoms with van der Waals surface area (Å²) in [6.45, 7) is 1.25. The number of ether oxygens (including phenoxy) is 1. The van der Waals surface area contributed by atoms with Gasteiger partial charge in [0.05, 0.1) is 0 Å². The predicted octanol–water partition coefficient (Wildman–Crippen LogP) is 4.55. The number of rotatable bonds is 7. The van der Waals surface area contributed by atoms with Crippen molar-refractivity contribution in [1.82, 2.24) is 4.90 Å². The molecule has 5 nitrogen and oxygen atoms in total. The molecule has 29 heavy (non-hydrogen) atoms. The minimum atomic E-state index is -0.428. The first-order valence-corrected chi connectivity index (χ1v) is 11.1. The second-order valence-electron chi connectivity index (χ2n) is 6.94. The Balaban J connectivity index is 1.49. The number of thioether (sulfide) groups is 1. The third-order valence-corrected chi connectivity index (χ3v) is 5.54. The highest BCUT2D eigenvalue weighted by molar-refractivity contribution is 7.98. The normalized spacial score (nSPS) is 14.5. The lowest BCUT2D eigenvalue weighted by Crippen LogP contribution is -2.41. The van der Waals surface area contributed by atoms with Crippen molar-refractivity contribution in [3.05, 3.63) is 54.3 Å². The van der Waals surface area contributed by atoms with Gasteiger partial charge < -0.3 is 15.0 Å². The van der Waals surface area contributed by atoms with Gasteiger partial charge >= 0.3 is 0 Å². The largest absolute Gasteiger partial charge is 0.454 e. The number of hydrogen-bond acceptors (Lipinski definition) is 4. The molecule has 2 aromatic carbocycles. The number of nitrogens with zero attached hydrogens (tertiary/aromatic N) is 1. The first-order valence-electron chi connectivity index (χ1n) is 9.67. The van der Waals surface area contributed by atoms with Crippen molar-refractivity contribution in [2.45, 2.75) is 19.3 Å². The van der Waals surface area contributed by atoms with Gasteiger partial charge in [-0.2, -0.15) is 11.8 Å². The molecule has 0 radical (unpaired) electrons. The quantitative estimate of drug-likeness (QED) is 0.720. The van der Waals surface area contributed by atoms with E-state index in [-0.39, 0.29) is 23.5 Å². The van der Waals surface area contributed by atoms with Gasteiger partial charge in [-0.15, -0.1) is 0 Å². The van der Waals surface area contributed by atoms with Crippen LogP contribution in [0.5, 0.6) is 11.5 Å². The van der Waals surface area contributed by atoms with Crippen molar-refractivity contribution in [3.63, 3.8) is 0 Å². The number of nitrogens with one attached hydrogen (secondary N) is 1. The molecule has 0 spiro atoms. The first kappa shape index (κ1) is 21.2. The maximum atomic E-state index is 13.7. The third-order valence-electron chi connectivity index (χ3n) is 4.92. The summed E-state index contributed by atoms with van der Waals surface area (Å²) >= 11 is 1.66. The molecule has 0 aromatic heterocycles. The SMILES string of the molecule is CSCCC(=O)N1CCC(C(=O)Nc2ccc(Oc3ccccc3F)cc2)CC1. The van der Waals surface area contributed by atoms with E-state index in [1.54, 1.807) is 54.2 Å². The number of likely N-dealkylation sites (tertiary alicyclic amines) is 1. The molecule has 1 saturated heterocycles. The van der Waals surface area contributed by atoms with Gasteiger partial charge in [0.2, 0.25) is 11.8 Å². The van der Waals surface area contributed by atoms with Crippen LogP contribution >= 0.6 is 11.8 Å². The molecule has 0 bridgehead atoms. The van der Waals surface area contributed by atoms with E-state index >= 15 is 0 Å². The summed E-state index contributed by atoms with van der Waals surface area (Å²) in [5.74, 6) is 1.08. The Labute approximate surface area is 174 Å². The highest BCUT2D eigenvalue weighted by atomic mass is 32.2. The van der Waals surface area contributed by atoms with E-state index < -0.39 is 5.82 Å². The van der Waals surface area contributed by atoms with Crippen LogP contribution in [0.25, 0.3) is 0 Å². The lowest BCUT2D eigenvalue weighted by molar-refractivity contribution is -0.134. The molecule has 1 N–H and O–H groups in total. The van der Waals surface area contributed by atoms with Gasteiger partial charge in [-0.05, 0) is 55.5 Å². The van der Waals surface area contributed by atoms with Crippen LogP contribution in [0.15, 0.2) is 48.5 Å². The van der Waals surface area contributed by atoms with Crippen LogP contribution in [0, 0.1) is 11.7 Å². The van der Waals surface area contributed by atoms with Crippen LogP contribution in [0.2, 0.25) is 0 Å². The summed E-state index contributed by atoms with van der Waals surface area (Å²) in [6, 6.07) is 13.0. The number of hydrogen-bond donors (Lipinski definition) is 1. The highest BCUT2D eigenvalue weighted by Gasteiger charge is 2.27.